The largest absolute Gasteiger partial charge is 0.295 e. The molecule has 7 heteroatoms. The first kappa shape index (κ1) is 14.5. The van der Waals surface area contributed by atoms with Crippen molar-refractivity contribution < 1.29 is 9.72 Å². The first-order chi connectivity index (χ1) is 9.49. The molecule has 0 spiro atoms. The number of nitrogens with zero attached hydrogens (tertiary/aromatic N) is 2. The van der Waals surface area contributed by atoms with Crippen LogP contribution in [0.4, 0.5) is 5.69 Å². The summed E-state index contributed by atoms with van der Waals surface area (Å²) in [6.07, 6.45) is 1.56. The highest BCUT2D eigenvalue weighted by Gasteiger charge is 2.18. The molecular weight excluding hydrogens is 300 g/mol. The number of hydrogen-bond donors (Lipinski definition) is 0. The summed E-state index contributed by atoms with van der Waals surface area (Å²) < 4.78 is 0. The minimum Gasteiger partial charge on any atom is -0.295 e. The predicted molar refractivity (Wildman–Crippen MR) is 76.5 cm³/mol. The van der Waals surface area contributed by atoms with E-state index in [2.05, 4.69) is 4.98 Å². The number of halogens is 1. The summed E-state index contributed by atoms with van der Waals surface area (Å²) in [4.78, 5) is 26.3. The Morgan fingerprint density at radius 2 is 2.15 bits per heavy atom. The van der Waals surface area contributed by atoms with Gasteiger partial charge in [-0.25, -0.2) is 4.98 Å². The van der Waals surface area contributed by atoms with Crippen molar-refractivity contribution in [3.8, 4) is 0 Å². The number of nitro groups is 1. The van der Waals surface area contributed by atoms with Gasteiger partial charge in [-0.3, -0.25) is 14.9 Å². The second kappa shape index (κ2) is 6.02. The van der Waals surface area contributed by atoms with Gasteiger partial charge in [-0.05, 0) is 31.2 Å². The van der Waals surface area contributed by atoms with Crippen molar-refractivity contribution >= 4 is 34.8 Å². The molecule has 2 rings (SSSR count). The minimum atomic E-state index is -0.522. The van der Waals surface area contributed by atoms with Gasteiger partial charge in [0.1, 0.15) is 5.03 Å². The fraction of sp³-hybridized carbons (Fsp3) is 0.0769. The van der Waals surface area contributed by atoms with Crippen molar-refractivity contribution in [2.24, 2.45) is 0 Å². The molecule has 0 fully saturated rings. The fourth-order valence-corrected chi connectivity index (χ4v) is 2.61. The number of nitro benzene ring substituents is 1. The van der Waals surface area contributed by atoms with Crippen LogP contribution < -0.4 is 0 Å². The third-order valence-electron chi connectivity index (χ3n) is 2.49. The summed E-state index contributed by atoms with van der Waals surface area (Å²) in [5, 5.41) is 12.0. The van der Waals surface area contributed by atoms with Gasteiger partial charge in [0.25, 0.3) is 5.69 Å². The normalized spacial score (nSPS) is 10.3. The lowest BCUT2D eigenvalue weighted by Crippen LogP contribution is -1.97. The Morgan fingerprint density at radius 3 is 2.75 bits per heavy atom. The molecule has 0 saturated carbocycles. The number of hydrogen-bond acceptors (Lipinski definition) is 5. The molecule has 5 nitrogen and oxygen atoms in total. The number of benzene rings is 1. The van der Waals surface area contributed by atoms with E-state index in [4.69, 9.17) is 11.6 Å². The number of pyridine rings is 1. The van der Waals surface area contributed by atoms with Crippen LogP contribution in [0, 0.1) is 10.1 Å². The maximum Gasteiger partial charge on any atom is 0.284 e. The summed E-state index contributed by atoms with van der Waals surface area (Å²) >= 11 is 7.07. The smallest absolute Gasteiger partial charge is 0.284 e. The van der Waals surface area contributed by atoms with E-state index in [9.17, 15) is 14.9 Å². The lowest BCUT2D eigenvalue weighted by atomic mass is 10.1. The highest BCUT2D eigenvalue weighted by molar-refractivity contribution is 7.99. The van der Waals surface area contributed by atoms with E-state index < -0.39 is 4.92 Å². The average molecular weight is 309 g/mol. The second-order valence-corrected chi connectivity index (χ2v) is 5.33. The Hall–Kier alpha value is -1.92. The molecule has 0 aliphatic heterocycles. The van der Waals surface area contributed by atoms with Crippen molar-refractivity contribution in [3.05, 3.63) is 57.2 Å². The van der Waals surface area contributed by atoms with E-state index in [-0.39, 0.29) is 11.5 Å². The van der Waals surface area contributed by atoms with E-state index in [0.29, 0.717) is 20.5 Å². The predicted octanol–water partition coefficient (Wildman–Crippen LogP) is 4.00. The molecule has 0 aliphatic rings. The lowest BCUT2D eigenvalue weighted by molar-refractivity contribution is -0.387. The number of Topliss-reactive ketones (excluding diaryl/α,β-unsaturated/α-hetero) is 1. The van der Waals surface area contributed by atoms with Crippen LogP contribution in [0.25, 0.3) is 0 Å². The molecule has 102 valence electrons. The van der Waals surface area contributed by atoms with Gasteiger partial charge >= 0.3 is 0 Å². The van der Waals surface area contributed by atoms with Crippen molar-refractivity contribution in [1.82, 2.24) is 4.98 Å². The summed E-state index contributed by atoms with van der Waals surface area (Å²) in [6.45, 7) is 1.36. The van der Waals surface area contributed by atoms with Crippen LogP contribution in [0.5, 0.6) is 0 Å². The van der Waals surface area contributed by atoms with Crippen LogP contribution in [0.15, 0.2) is 46.5 Å². The molecule has 0 aliphatic carbocycles. The summed E-state index contributed by atoms with van der Waals surface area (Å²) in [6, 6.07) is 7.69. The van der Waals surface area contributed by atoms with E-state index in [1.54, 1.807) is 24.4 Å². The Bertz CT molecular complexity index is 691. The van der Waals surface area contributed by atoms with E-state index in [0.717, 1.165) is 11.8 Å². The summed E-state index contributed by atoms with van der Waals surface area (Å²) in [5.41, 5.74) is 0.164. The van der Waals surface area contributed by atoms with Crippen LogP contribution in [-0.2, 0) is 0 Å². The number of carbonyl (C=O) groups excluding carboxylic acids is 1. The van der Waals surface area contributed by atoms with Gasteiger partial charge in [-0.15, -0.1) is 0 Å². The zero-order chi connectivity index (χ0) is 14.7. The number of aromatic nitrogens is 1. The van der Waals surface area contributed by atoms with Gasteiger partial charge in [-0.1, -0.05) is 23.4 Å². The summed E-state index contributed by atoms with van der Waals surface area (Å²) in [5.74, 6) is -0.222. The van der Waals surface area contributed by atoms with Crippen LogP contribution in [0.3, 0.4) is 0 Å². The Labute approximate surface area is 124 Å². The molecule has 1 aromatic carbocycles. The quantitative estimate of drug-likeness (QED) is 0.485. The molecule has 0 radical (unpaired) electrons. The highest BCUT2D eigenvalue weighted by atomic mass is 35.5. The van der Waals surface area contributed by atoms with Crippen LogP contribution in [0.1, 0.15) is 17.3 Å². The van der Waals surface area contributed by atoms with Crippen molar-refractivity contribution in [2.45, 2.75) is 16.8 Å². The maximum absolute atomic E-state index is 11.3. The van der Waals surface area contributed by atoms with Gasteiger partial charge < -0.3 is 0 Å². The molecule has 1 aromatic heterocycles. The molecule has 0 atom stereocenters. The molecule has 20 heavy (non-hydrogen) atoms. The third kappa shape index (κ3) is 3.15. The maximum atomic E-state index is 11.3. The van der Waals surface area contributed by atoms with E-state index >= 15 is 0 Å². The van der Waals surface area contributed by atoms with Gasteiger partial charge in [0.15, 0.2) is 5.78 Å². The molecule has 0 unspecified atom stereocenters. The minimum absolute atomic E-state index is 0.135. The van der Waals surface area contributed by atoms with Gasteiger partial charge in [0.2, 0.25) is 0 Å². The van der Waals surface area contributed by atoms with Crippen molar-refractivity contribution in [2.75, 3.05) is 0 Å². The molecule has 0 saturated heterocycles. The van der Waals surface area contributed by atoms with Gasteiger partial charge in [0, 0.05) is 17.8 Å². The van der Waals surface area contributed by atoms with E-state index in [1.165, 1.54) is 19.1 Å². The molecule has 0 N–H and O–H groups in total. The van der Waals surface area contributed by atoms with Crippen molar-refractivity contribution in [3.63, 3.8) is 0 Å². The zero-order valence-corrected chi connectivity index (χ0v) is 11.9. The van der Waals surface area contributed by atoms with Gasteiger partial charge in [-0.2, -0.15) is 0 Å². The Balaban J connectivity index is 2.44. The standard InChI is InChI=1S/C13H9ClN2O3S/c1-8(17)9-4-5-12(11(7-9)16(18)19)20-13-10(14)3-2-6-15-13/h2-7H,1H3. The Kier molecular flexibility index (Phi) is 4.36. The molecule has 0 bridgehead atoms. The number of carbonyl (C=O) groups is 1. The number of ketones is 1. The summed E-state index contributed by atoms with van der Waals surface area (Å²) in [7, 11) is 0. The topological polar surface area (TPSA) is 73.1 Å². The zero-order valence-electron chi connectivity index (χ0n) is 10.4. The van der Waals surface area contributed by atoms with Crippen LogP contribution >= 0.6 is 23.4 Å². The second-order valence-electron chi connectivity index (χ2n) is 3.89. The molecule has 0 amide bonds. The average Bonchev–Trinajstić information content (AvgIpc) is 2.41. The lowest BCUT2D eigenvalue weighted by Gasteiger charge is -2.05. The third-order valence-corrected chi connectivity index (χ3v) is 3.99. The fourth-order valence-electron chi connectivity index (χ4n) is 1.52. The van der Waals surface area contributed by atoms with Crippen LogP contribution in [0.2, 0.25) is 5.02 Å². The Morgan fingerprint density at radius 1 is 1.40 bits per heavy atom. The number of rotatable bonds is 4. The van der Waals surface area contributed by atoms with E-state index in [1.807, 2.05) is 0 Å². The van der Waals surface area contributed by atoms with Crippen LogP contribution in [-0.4, -0.2) is 15.7 Å². The molecule has 1 heterocycles. The molecular formula is C13H9ClN2O3S. The SMILES string of the molecule is CC(=O)c1ccc(Sc2ncccc2Cl)c([N+](=O)[O-])c1. The first-order valence-electron chi connectivity index (χ1n) is 5.57. The van der Waals surface area contributed by atoms with Gasteiger partial charge in [0.05, 0.1) is 14.8 Å². The first-order valence-corrected chi connectivity index (χ1v) is 6.76. The highest BCUT2D eigenvalue weighted by Crippen LogP contribution is 2.37. The van der Waals surface area contributed by atoms with Crippen molar-refractivity contribution in [1.29, 1.82) is 0 Å². The molecule has 2 aromatic rings. The monoisotopic (exact) mass is 308 g/mol.